The maximum atomic E-state index is 12.3. The summed E-state index contributed by atoms with van der Waals surface area (Å²) in [4.78, 5) is 40.5. The van der Waals surface area contributed by atoms with Gasteiger partial charge in [-0.1, -0.05) is 31.2 Å². The van der Waals surface area contributed by atoms with Crippen molar-refractivity contribution >= 4 is 29.2 Å². The zero-order valence-corrected chi connectivity index (χ0v) is 17.5. The third kappa shape index (κ3) is 6.16. The molecular weight excluding hydrogens is 378 g/mol. The van der Waals surface area contributed by atoms with Crippen LogP contribution in [-0.2, 0) is 16.0 Å². The third-order valence-corrected chi connectivity index (χ3v) is 4.85. The molecule has 7 nitrogen and oxygen atoms in total. The van der Waals surface area contributed by atoms with E-state index >= 15 is 0 Å². The molecule has 0 aliphatic heterocycles. The summed E-state index contributed by atoms with van der Waals surface area (Å²) in [7, 11) is 0. The molecule has 8 heteroatoms. The number of nitrogens with zero attached hydrogens (tertiary/aromatic N) is 1. The highest BCUT2D eigenvalue weighted by molar-refractivity contribution is 7.17. The van der Waals surface area contributed by atoms with Gasteiger partial charge in [-0.3, -0.25) is 10.1 Å². The van der Waals surface area contributed by atoms with Crippen molar-refractivity contribution in [3.05, 3.63) is 40.4 Å². The number of imide groups is 1. The lowest BCUT2D eigenvalue weighted by molar-refractivity contribution is -0.123. The summed E-state index contributed by atoms with van der Waals surface area (Å²) in [6.45, 7) is 8.62. The second kappa shape index (κ2) is 8.97. The first-order valence-electron chi connectivity index (χ1n) is 8.95. The number of benzene rings is 1. The molecule has 150 valence electrons. The quantitative estimate of drug-likeness (QED) is 0.745. The van der Waals surface area contributed by atoms with E-state index in [9.17, 15) is 14.4 Å². The number of carbonyl (C=O) groups excluding carboxylic acids is 3. The van der Waals surface area contributed by atoms with E-state index in [1.54, 1.807) is 27.7 Å². The van der Waals surface area contributed by atoms with Crippen molar-refractivity contribution in [2.75, 3.05) is 6.61 Å². The minimum Gasteiger partial charge on any atom is -0.451 e. The lowest BCUT2D eigenvalue weighted by Gasteiger charge is -2.20. The maximum absolute atomic E-state index is 12.3. The van der Waals surface area contributed by atoms with Gasteiger partial charge in [-0.2, -0.15) is 0 Å². The Kier molecular flexibility index (Phi) is 6.90. The number of hydrogen-bond acceptors (Lipinski definition) is 6. The topological polar surface area (TPSA) is 97.4 Å². The average Bonchev–Trinajstić information content (AvgIpc) is 3.00. The lowest BCUT2D eigenvalue weighted by Crippen LogP contribution is -2.49. The number of amides is 3. The number of carbonyl (C=O) groups is 3. The van der Waals surface area contributed by atoms with Crippen LogP contribution in [0.15, 0.2) is 24.3 Å². The molecule has 0 aliphatic rings. The highest BCUT2D eigenvalue weighted by atomic mass is 32.1. The van der Waals surface area contributed by atoms with Gasteiger partial charge in [-0.05, 0) is 39.7 Å². The molecule has 0 bridgehead atoms. The van der Waals surface area contributed by atoms with Crippen molar-refractivity contribution in [2.24, 2.45) is 0 Å². The first-order valence-corrected chi connectivity index (χ1v) is 9.76. The van der Waals surface area contributed by atoms with Gasteiger partial charge in [0.1, 0.15) is 9.88 Å². The van der Waals surface area contributed by atoms with Crippen LogP contribution < -0.4 is 10.6 Å². The van der Waals surface area contributed by atoms with Crippen molar-refractivity contribution < 1.29 is 19.1 Å². The van der Waals surface area contributed by atoms with Gasteiger partial charge in [-0.15, -0.1) is 11.3 Å². The summed E-state index contributed by atoms with van der Waals surface area (Å²) in [5, 5.41) is 5.42. The van der Waals surface area contributed by atoms with Gasteiger partial charge in [-0.25, -0.2) is 14.6 Å². The number of ether oxygens (including phenoxy) is 1. The van der Waals surface area contributed by atoms with E-state index in [4.69, 9.17) is 4.74 Å². The van der Waals surface area contributed by atoms with Crippen LogP contribution in [0.2, 0.25) is 0 Å². The molecular formula is C20H25N3O4S. The SMILES string of the molecule is CCc1ccc(-c2nc(C)c(C(=O)OCC(=O)NC(=O)NC(C)(C)C)s2)cc1. The molecule has 3 amide bonds. The van der Waals surface area contributed by atoms with Crippen LogP contribution >= 0.6 is 11.3 Å². The zero-order valence-electron chi connectivity index (χ0n) is 16.7. The Balaban J connectivity index is 1.96. The Morgan fingerprint density at radius 2 is 1.79 bits per heavy atom. The fourth-order valence-electron chi connectivity index (χ4n) is 2.32. The summed E-state index contributed by atoms with van der Waals surface area (Å²) in [6, 6.07) is 7.34. The Morgan fingerprint density at radius 1 is 1.14 bits per heavy atom. The Bertz CT molecular complexity index is 867. The summed E-state index contributed by atoms with van der Waals surface area (Å²) >= 11 is 1.21. The van der Waals surface area contributed by atoms with Crippen molar-refractivity contribution in [1.29, 1.82) is 0 Å². The zero-order chi connectivity index (χ0) is 20.9. The smallest absolute Gasteiger partial charge is 0.350 e. The van der Waals surface area contributed by atoms with Gasteiger partial charge < -0.3 is 10.1 Å². The molecule has 0 aliphatic carbocycles. The number of nitrogens with one attached hydrogen (secondary N) is 2. The van der Waals surface area contributed by atoms with Crippen LogP contribution in [0.1, 0.15) is 48.6 Å². The summed E-state index contributed by atoms with van der Waals surface area (Å²) < 4.78 is 5.03. The first kappa shape index (κ1) is 21.6. The lowest BCUT2D eigenvalue weighted by atomic mass is 10.1. The molecule has 0 atom stereocenters. The van der Waals surface area contributed by atoms with E-state index < -0.39 is 30.1 Å². The van der Waals surface area contributed by atoms with Crippen LogP contribution in [0.25, 0.3) is 10.6 Å². The van der Waals surface area contributed by atoms with E-state index in [2.05, 4.69) is 22.5 Å². The predicted molar refractivity (Wildman–Crippen MR) is 108 cm³/mol. The second-order valence-corrected chi connectivity index (χ2v) is 8.31. The van der Waals surface area contributed by atoms with E-state index in [-0.39, 0.29) is 0 Å². The monoisotopic (exact) mass is 403 g/mol. The van der Waals surface area contributed by atoms with Crippen molar-refractivity contribution in [3.8, 4) is 10.6 Å². The van der Waals surface area contributed by atoms with Crippen molar-refractivity contribution in [3.63, 3.8) is 0 Å². The number of thiazole rings is 1. The van der Waals surface area contributed by atoms with E-state index in [0.29, 0.717) is 15.6 Å². The van der Waals surface area contributed by atoms with Crippen LogP contribution in [0, 0.1) is 6.92 Å². The molecule has 2 N–H and O–H groups in total. The number of hydrogen-bond donors (Lipinski definition) is 2. The fourth-order valence-corrected chi connectivity index (χ4v) is 3.29. The van der Waals surface area contributed by atoms with E-state index in [1.807, 2.05) is 24.3 Å². The van der Waals surface area contributed by atoms with E-state index in [0.717, 1.165) is 12.0 Å². The Labute approximate surface area is 168 Å². The van der Waals surface area contributed by atoms with Crippen molar-refractivity contribution in [2.45, 2.75) is 46.6 Å². The molecule has 28 heavy (non-hydrogen) atoms. The molecule has 1 heterocycles. The van der Waals surface area contributed by atoms with Crippen LogP contribution in [0.5, 0.6) is 0 Å². The minimum absolute atomic E-state index is 0.335. The van der Waals surface area contributed by atoms with Gasteiger partial charge in [0, 0.05) is 11.1 Å². The minimum atomic E-state index is -0.701. The standard InChI is InChI=1S/C20H25N3O4S/c1-6-13-7-9-14(10-8-13)17-21-12(2)16(28-17)18(25)27-11-15(24)22-19(26)23-20(3,4)5/h7-10H,6,11H2,1-5H3,(H2,22,23,24,26). The molecule has 1 aromatic carbocycles. The summed E-state index contributed by atoms with van der Waals surface area (Å²) in [5.74, 6) is -1.34. The van der Waals surface area contributed by atoms with Crippen LogP contribution in [-0.4, -0.2) is 35.0 Å². The summed E-state index contributed by atoms with van der Waals surface area (Å²) in [6.07, 6.45) is 0.949. The fraction of sp³-hybridized carbons (Fsp3) is 0.400. The molecule has 2 rings (SSSR count). The number of aryl methyl sites for hydroxylation is 2. The number of urea groups is 1. The molecule has 0 radical (unpaired) electrons. The Hall–Kier alpha value is -2.74. The highest BCUT2D eigenvalue weighted by Crippen LogP contribution is 2.28. The molecule has 0 spiro atoms. The van der Waals surface area contributed by atoms with Gasteiger partial charge in [0.2, 0.25) is 0 Å². The maximum Gasteiger partial charge on any atom is 0.350 e. The van der Waals surface area contributed by atoms with Gasteiger partial charge in [0.25, 0.3) is 5.91 Å². The third-order valence-electron chi connectivity index (χ3n) is 3.67. The highest BCUT2D eigenvalue weighted by Gasteiger charge is 2.20. The van der Waals surface area contributed by atoms with E-state index in [1.165, 1.54) is 16.9 Å². The molecule has 0 saturated heterocycles. The average molecular weight is 404 g/mol. The number of esters is 1. The normalized spacial score (nSPS) is 11.0. The molecule has 0 fully saturated rings. The predicted octanol–water partition coefficient (Wildman–Crippen LogP) is 3.46. The summed E-state index contributed by atoms with van der Waals surface area (Å²) in [5.41, 5.74) is 2.20. The van der Waals surface area contributed by atoms with Gasteiger partial charge >= 0.3 is 12.0 Å². The number of aromatic nitrogens is 1. The van der Waals surface area contributed by atoms with Crippen molar-refractivity contribution in [1.82, 2.24) is 15.6 Å². The largest absolute Gasteiger partial charge is 0.451 e. The molecule has 2 aromatic rings. The van der Waals surface area contributed by atoms with Crippen LogP contribution in [0.3, 0.4) is 0 Å². The Morgan fingerprint density at radius 3 is 2.36 bits per heavy atom. The second-order valence-electron chi connectivity index (χ2n) is 7.31. The van der Waals surface area contributed by atoms with Gasteiger partial charge in [0.15, 0.2) is 6.61 Å². The van der Waals surface area contributed by atoms with Crippen LogP contribution in [0.4, 0.5) is 4.79 Å². The molecule has 0 unspecified atom stereocenters. The van der Waals surface area contributed by atoms with Gasteiger partial charge in [0.05, 0.1) is 5.69 Å². The number of rotatable bonds is 5. The first-order chi connectivity index (χ1) is 13.1. The molecule has 0 saturated carbocycles. The molecule has 1 aromatic heterocycles.